The van der Waals surface area contributed by atoms with Crippen LogP contribution in [0.4, 0.5) is 0 Å². The van der Waals surface area contributed by atoms with Crippen LogP contribution < -0.4 is 0 Å². The molecule has 0 N–H and O–H groups in total. The fraction of sp³-hybridized carbons (Fsp3) is 0.600. The second-order valence-corrected chi connectivity index (χ2v) is 3.84. The molecular formula is C10H14O4. The Hall–Kier alpha value is -1.32. The molecule has 0 aromatic heterocycles. The van der Waals surface area contributed by atoms with Crippen molar-refractivity contribution in [3.8, 4) is 0 Å². The van der Waals surface area contributed by atoms with Crippen LogP contribution in [0.25, 0.3) is 0 Å². The van der Waals surface area contributed by atoms with Gasteiger partial charge in [-0.05, 0) is 13.8 Å². The Morgan fingerprint density at radius 3 is 2.50 bits per heavy atom. The molecule has 0 aliphatic carbocycles. The summed E-state index contributed by atoms with van der Waals surface area (Å²) in [6.07, 6.45) is 1.20. The average Bonchev–Trinajstić information content (AvgIpc) is 2.28. The standard InChI is InChI=1S/C10H14O4/c1-6-7(5-8(11)13-4)9(12)14-10(6,2)3/h5-6H,1-4H3/b7-5-/t6-/m0/s1. The van der Waals surface area contributed by atoms with E-state index in [9.17, 15) is 9.59 Å². The van der Waals surface area contributed by atoms with Gasteiger partial charge in [0.05, 0.1) is 12.7 Å². The van der Waals surface area contributed by atoms with Gasteiger partial charge in [-0.3, -0.25) is 0 Å². The van der Waals surface area contributed by atoms with E-state index in [1.54, 1.807) is 0 Å². The number of carbonyl (C=O) groups excluding carboxylic acids is 2. The smallest absolute Gasteiger partial charge is 0.335 e. The lowest BCUT2D eigenvalue weighted by Crippen LogP contribution is -2.25. The summed E-state index contributed by atoms with van der Waals surface area (Å²) in [6.45, 7) is 5.47. The van der Waals surface area contributed by atoms with Gasteiger partial charge in [-0.25, -0.2) is 9.59 Å². The van der Waals surface area contributed by atoms with Gasteiger partial charge in [-0.1, -0.05) is 6.92 Å². The third-order valence-corrected chi connectivity index (χ3v) is 2.58. The van der Waals surface area contributed by atoms with Gasteiger partial charge in [0.1, 0.15) is 5.60 Å². The molecular weight excluding hydrogens is 184 g/mol. The van der Waals surface area contributed by atoms with Crippen molar-refractivity contribution in [2.24, 2.45) is 5.92 Å². The van der Waals surface area contributed by atoms with Gasteiger partial charge in [-0.2, -0.15) is 0 Å². The third kappa shape index (κ3) is 1.78. The van der Waals surface area contributed by atoms with Crippen molar-refractivity contribution in [1.82, 2.24) is 0 Å². The van der Waals surface area contributed by atoms with Crippen LogP contribution in [0.15, 0.2) is 11.6 Å². The Balaban J connectivity index is 2.96. The molecule has 0 unspecified atom stereocenters. The van der Waals surface area contributed by atoms with Crippen molar-refractivity contribution < 1.29 is 19.1 Å². The van der Waals surface area contributed by atoms with E-state index in [-0.39, 0.29) is 5.92 Å². The zero-order valence-electron chi connectivity index (χ0n) is 8.79. The number of methoxy groups -OCH3 is 1. The molecule has 0 aromatic rings. The Morgan fingerprint density at radius 2 is 2.14 bits per heavy atom. The number of ether oxygens (including phenoxy) is 2. The van der Waals surface area contributed by atoms with Gasteiger partial charge in [0, 0.05) is 12.0 Å². The minimum atomic E-state index is -0.545. The topological polar surface area (TPSA) is 52.6 Å². The second-order valence-electron chi connectivity index (χ2n) is 3.84. The van der Waals surface area contributed by atoms with Crippen LogP contribution in [0.5, 0.6) is 0 Å². The normalized spacial score (nSPS) is 27.6. The minimum Gasteiger partial charge on any atom is -0.466 e. The highest BCUT2D eigenvalue weighted by molar-refractivity contribution is 5.98. The number of hydrogen-bond donors (Lipinski definition) is 0. The number of carbonyl (C=O) groups is 2. The predicted octanol–water partition coefficient (Wildman–Crippen LogP) is 1.06. The summed E-state index contributed by atoms with van der Waals surface area (Å²) >= 11 is 0. The van der Waals surface area contributed by atoms with Gasteiger partial charge in [0.15, 0.2) is 0 Å². The van der Waals surface area contributed by atoms with E-state index >= 15 is 0 Å². The van der Waals surface area contributed by atoms with Crippen molar-refractivity contribution in [1.29, 1.82) is 0 Å². The lowest BCUT2D eigenvalue weighted by atomic mass is 9.89. The molecule has 0 radical (unpaired) electrons. The fourth-order valence-electron chi connectivity index (χ4n) is 1.31. The summed E-state index contributed by atoms with van der Waals surface area (Å²) in [7, 11) is 1.27. The highest BCUT2D eigenvalue weighted by Crippen LogP contribution is 2.35. The largest absolute Gasteiger partial charge is 0.466 e. The molecule has 0 spiro atoms. The highest BCUT2D eigenvalue weighted by Gasteiger charge is 2.43. The summed E-state index contributed by atoms with van der Waals surface area (Å²) in [5.41, 5.74) is -0.168. The van der Waals surface area contributed by atoms with Crippen LogP contribution in [-0.2, 0) is 19.1 Å². The number of rotatable bonds is 1. The maximum absolute atomic E-state index is 11.4. The summed E-state index contributed by atoms with van der Waals surface area (Å²) in [4.78, 5) is 22.3. The van der Waals surface area contributed by atoms with Crippen molar-refractivity contribution in [2.75, 3.05) is 7.11 Å². The first-order valence-electron chi connectivity index (χ1n) is 4.41. The lowest BCUT2D eigenvalue weighted by molar-refractivity contribution is -0.145. The first-order valence-corrected chi connectivity index (χ1v) is 4.41. The van der Waals surface area contributed by atoms with Crippen molar-refractivity contribution in [3.63, 3.8) is 0 Å². The van der Waals surface area contributed by atoms with Crippen molar-refractivity contribution >= 4 is 11.9 Å². The van der Waals surface area contributed by atoms with Gasteiger partial charge in [0.25, 0.3) is 0 Å². The molecule has 4 heteroatoms. The van der Waals surface area contributed by atoms with E-state index in [2.05, 4.69) is 4.74 Å². The molecule has 0 amide bonds. The van der Waals surface area contributed by atoms with Crippen LogP contribution >= 0.6 is 0 Å². The Labute approximate surface area is 82.9 Å². The SMILES string of the molecule is COC(=O)/C=C1\C(=O)OC(C)(C)[C@H]1C. The molecule has 1 heterocycles. The quantitative estimate of drug-likeness (QED) is 0.467. The Kier molecular flexibility index (Phi) is 2.64. The summed E-state index contributed by atoms with van der Waals surface area (Å²) in [5.74, 6) is -1.07. The second kappa shape index (κ2) is 3.44. The zero-order valence-corrected chi connectivity index (χ0v) is 8.79. The van der Waals surface area contributed by atoms with Crippen LogP contribution in [0.3, 0.4) is 0 Å². The van der Waals surface area contributed by atoms with Crippen molar-refractivity contribution in [2.45, 2.75) is 26.4 Å². The van der Waals surface area contributed by atoms with Gasteiger partial charge >= 0.3 is 11.9 Å². The summed E-state index contributed by atoms with van der Waals surface area (Å²) in [6, 6.07) is 0. The number of esters is 2. The van der Waals surface area contributed by atoms with E-state index in [0.29, 0.717) is 5.57 Å². The molecule has 4 nitrogen and oxygen atoms in total. The molecule has 14 heavy (non-hydrogen) atoms. The maximum atomic E-state index is 11.4. The van der Waals surface area contributed by atoms with E-state index in [1.807, 2.05) is 20.8 Å². The first-order chi connectivity index (χ1) is 6.38. The summed E-state index contributed by atoms with van der Waals surface area (Å²) < 4.78 is 9.56. The van der Waals surface area contributed by atoms with Crippen LogP contribution in [0, 0.1) is 5.92 Å². The van der Waals surface area contributed by atoms with E-state index in [0.717, 1.165) is 0 Å². The van der Waals surface area contributed by atoms with E-state index in [4.69, 9.17) is 4.74 Å². The first kappa shape index (κ1) is 10.8. The lowest BCUT2D eigenvalue weighted by Gasteiger charge is -2.20. The molecule has 1 aliphatic heterocycles. The minimum absolute atomic E-state index is 0.103. The highest BCUT2D eigenvalue weighted by atomic mass is 16.6. The van der Waals surface area contributed by atoms with Crippen LogP contribution in [-0.4, -0.2) is 24.6 Å². The molecule has 0 bridgehead atoms. The molecule has 1 atom stereocenters. The van der Waals surface area contributed by atoms with E-state index in [1.165, 1.54) is 13.2 Å². The molecule has 78 valence electrons. The Bertz CT molecular complexity index is 301. The summed E-state index contributed by atoms with van der Waals surface area (Å²) in [5, 5.41) is 0. The predicted molar refractivity (Wildman–Crippen MR) is 49.4 cm³/mol. The van der Waals surface area contributed by atoms with Crippen molar-refractivity contribution in [3.05, 3.63) is 11.6 Å². The average molecular weight is 198 g/mol. The van der Waals surface area contributed by atoms with Gasteiger partial charge in [-0.15, -0.1) is 0 Å². The number of cyclic esters (lactones) is 1. The van der Waals surface area contributed by atoms with Crippen LogP contribution in [0.1, 0.15) is 20.8 Å². The molecule has 0 aromatic carbocycles. The number of hydrogen-bond acceptors (Lipinski definition) is 4. The molecule has 1 aliphatic rings. The molecule has 1 fully saturated rings. The molecule has 1 rings (SSSR count). The maximum Gasteiger partial charge on any atom is 0.335 e. The third-order valence-electron chi connectivity index (χ3n) is 2.58. The molecule has 0 saturated carbocycles. The van der Waals surface area contributed by atoms with Gasteiger partial charge in [0.2, 0.25) is 0 Å². The van der Waals surface area contributed by atoms with E-state index < -0.39 is 17.5 Å². The monoisotopic (exact) mass is 198 g/mol. The zero-order chi connectivity index (χ0) is 10.9. The Morgan fingerprint density at radius 1 is 1.57 bits per heavy atom. The van der Waals surface area contributed by atoms with Gasteiger partial charge < -0.3 is 9.47 Å². The van der Waals surface area contributed by atoms with Crippen LogP contribution in [0.2, 0.25) is 0 Å². The fourth-order valence-corrected chi connectivity index (χ4v) is 1.31. The molecule has 1 saturated heterocycles.